The van der Waals surface area contributed by atoms with Crippen LogP contribution in [0.25, 0.3) is 0 Å². The van der Waals surface area contributed by atoms with Crippen LogP contribution in [0.4, 0.5) is 0 Å². The van der Waals surface area contributed by atoms with E-state index in [0.29, 0.717) is 5.92 Å². The maximum absolute atomic E-state index is 4.82. The van der Waals surface area contributed by atoms with Gasteiger partial charge < -0.3 is 0 Å². The van der Waals surface area contributed by atoms with Crippen LogP contribution < -0.4 is 0 Å². The lowest BCUT2D eigenvalue weighted by Crippen LogP contribution is -2.13. The predicted molar refractivity (Wildman–Crippen MR) is 75.8 cm³/mol. The number of aromatic nitrogens is 1. The lowest BCUT2D eigenvalue weighted by Gasteiger charge is -2.27. The van der Waals surface area contributed by atoms with E-state index in [4.69, 9.17) is 4.98 Å². The molecule has 17 heavy (non-hydrogen) atoms. The first-order chi connectivity index (χ1) is 8.20. The number of hydrogen-bond acceptors (Lipinski definition) is 2. The van der Waals surface area contributed by atoms with E-state index >= 15 is 0 Å². The zero-order chi connectivity index (χ0) is 12.3. The Balaban J connectivity index is 1.91. The highest BCUT2D eigenvalue weighted by Crippen LogP contribution is 2.38. The molecule has 1 aromatic rings. The summed E-state index contributed by atoms with van der Waals surface area (Å²) in [4.78, 5) is 4.82. The summed E-state index contributed by atoms with van der Waals surface area (Å²) in [5.41, 5.74) is 1.29. The Morgan fingerprint density at radius 3 is 2.53 bits per heavy atom. The van der Waals surface area contributed by atoms with E-state index in [2.05, 4.69) is 26.2 Å². The molecule has 1 aromatic heterocycles. The van der Waals surface area contributed by atoms with Crippen molar-refractivity contribution in [1.82, 2.24) is 4.98 Å². The minimum absolute atomic E-state index is 0.580. The van der Waals surface area contributed by atoms with Gasteiger partial charge in [-0.2, -0.15) is 0 Å². The Morgan fingerprint density at radius 1 is 1.29 bits per heavy atom. The highest BCUT2D eigenvalue weighted by Gasteiger charge is 2.24. The van der Waals surface area contributed by atoms with Crippen LogP contribution in [0.3, 0.4) is 0 Å². The molecular formula is C15H25NS. The molecule has 0 N–H and O–H groups in total. The summed E-state index contributed by atoms with van der Waals surface area (Å²) in [6.07, 6.45) is 8.38. The molecule has 0 bridgehead atoms. The minimum Gasteiger partial charge on any atom is -0.246 e. The Hall–Kier alpha value is -0.370. The summed E-state index contributed by atoms with van der Waals surface area (Å²) in [5, 5.41) is 3.67. The summed E-state index contributed by atoms with van der Waals surface area (Å²) in [7, 11) is 0. The van der Waals surface area contributed by atoms with E-state index in [1.807, 2.05) is 11.3 Å². The number of thiazole rings is 1. The predicted octanol–water partition coefficient (Wildman–Crippen LogP) is 5.34. The van der Waals surface area contributed by atoms with Crippen molar-refractivity contribution in [3.05, 3.63) is 16.1 Å². The first-order valence-electron chi connectivity index (χ1n) is 7.16. The van der Waals surface area contributed by atoms with Gasteiger partial charge in [-0.3, -0.25) is 0 Å². The number of nitrogens with zero attached hydrogens (tertiary/aromatic N) is 1. The molecule has 1 aliphatic carbocycles. The minimum atomic E-state index is 0.580. The molecule has 0 aromatic carbocycles. The highest BCUT2D eigenvalue weighted by molar-refractivity contribution is 7.09. The van der Waals surface area contributed by atoms with Crippen LogP contribution in [0, 0.1) is 5.92 Å². The number of rotatable bonds is 4. The maximum atomic E-state index is 4.82. The topological polar surface area (TPSA) is 12.9 Å². The fourth-order valence-corrected chi connectivity index (χ4v) is 4.01. The van der Waals surface area contributed by atoms with E-state index in [1.165, 1.54) is 49.2 Å². The van der Waals surface area contributed by atoms with Crippen molar-refractivity contribution in [2.75, 3.05) is 0 Å². The molecule has 0 spiro atoms. The van der Waals surface area contributed by atoms with Crippen LogP contribution in [0.1, 0.15) is 81.8 Å². The SMILES string of the molecule is CCCC1CCC(c2nc(C(C)C)cs2)CC1. The van der Waals surface area contributed by atoms with Crippen LogP contribution in [0.5, 0.6) is 0 Å². The van der Waals surface area contributed by atoms with E-state index in [9.17, 15) is 0 Å². The average Bonchev–Trinajstić information content (AvgIpc) is 2.80. The molecule has 1 saturated carbocycles. The highest BCUT2D eigenvalue weighted by atomic mass is 32.1. The lowest BCUT2D eigenvalue weighted by molar-refractivity contribution is 0.308. The zero-order valence-electron chi connectivity index (χ0n) is 11.4. The first kappa shape index (κ1) is 13.1. The van der Waals surface area contributed by atoms with E-state index in [-0.39, 0.29) is 0 Å². The van der Waals surface area contributed by atoms with Gasteiger partial charge in [0.05, 0.1) is 10.7 Å². The summed E-state index contributed by atoms with van der Waals surface area (Å²) in [6, 6.07) is 0. The van der Waals surface area contributed by atoms with E-state index in [0.717, 1.165) is 11.8 Å². The molecule has 1 aliphatic rings. The van der Waals surface area contributed by atoms with Gasteiger partial charge in [0.15, 0.2) is 0 Å². The Labute approximate surface area is 110 Å². The summed E-state index contributed by atoms with van der Waals surface area (Å²) < 4.78 is 0. The first-order valence-corrected chi connectivity index (χ1v) is 8.04. The third-order valence-electron chi connectivity index (χ3n) is 4.02. The smallest absolute Gasteiger partial charge is 0.0959 e. The van der Waals surface area contributed by atoms with Crippen LogP contribution in [0.2, 0.25) is 0 Å². The Kier molecular flexibility index (Phi) is 4.61. The molecule has 0 aliphatic heterocycles. The van der Waals surface area contributed by atoms with Gasteiger partial charge in [-0.25, -0.2) is 4.98 Å². The van der Waals surface area contributed by atoms with Gasteiger partial charge in [0, 0.05) is 11.3 Å². The van der Waals surface area contributed by atoms with Gasteiger partial charge in [0.2, 0.25) is 0 Å². The second kappa shape index (κ2) is 5.99. The van der Waals surface area contributed by atoms with Crippen LogP contribution in [-0.2, 0) is 0 Å². The van der Waals surface area contributed by atoms with Crippen LogP contribution in [0.15, 0.2) is 5.38 Å². The normalized spacial score (nSPS) is 25.4. The fourth-order valence-electron chi connectivity index (χ4n) is 2.86. The molecular weight excluding hydrogens is 226 g/mol. The Morgan fingerprint density at radius 2 is 2.00 bits per heavy atom. The molecule has 1 fully saturated rings. The van der Waals surface area contributed by atoms with Gasteiger partial charge in [0.25, 0.3) is 0 Å². The molecule has 1 nitrogen and oxygen atoms in total. The van der Waals surface area contributed by atoms with Crippen molar-refractivity contribution in [3.8, 4) is 0 Å². The van der Waals surface area contributed by atoms with E-state index in [1.54, 1.807) is 0 Å². The van der Waals surface area contributed by atoms with Crippen molar-refractivity contribution < 1.29 is 0 Å². The summed E-state index contributed by atoms with van der Waals surface area (Å²) in [6.45, 7) is 6.77. The van der Waals surface area contributed by atoms with Crippen LogP contribution >= 0.6 is 11.3 Å². The third-order valence-corrected chi connectivity index (χ3v) is 5.05. The average molecular weight is 251 g/mol. The van der Waals surface area contributed by atoms with Gasteiger partial charge in [-0.05, 0) is 37.5 Å². The number of hydrogen-bond donors (Lipinski definition) is 0. The zero-order valence-corrected chi connectivity index (χ0v) is 12.2. The van der Waals surface area contributed by atoms with E-state index < -0.39 is 0 Å². The molecule has 96 valence electrons. The van der Waals surface area contributed by atoms with Crippen molar-refractivity contribution in [1.29, 1.82) is 0 Å². The summed E-state index contributed by atoms with van der Waals surface area (Å²) in [5.74, 6) is 2.35. The standard InChI is InChI=1S/C15H25NS/c1-4-5-12-6-8-13(9-7-12)15-16-14(10-17-15)11(2)3/h10-13H,4-9H2,1-3H3. The monoisotopic (exact) mass is 251 g/mol. The van der Waals surface area contributed by atoms with Crippen molar-refractivity contribution in [2.45, 2.75) is 71.1 Å². The molecule has 0 radical (unpaired) electrons. The largest absolute Gasteiger partial charge is 0.246 e. The quantitative estimate of drug-likeness (QED) is 0.704. The molecule has 1 heterocycles. The second-order valence-electron chi connectivity index (χ2n) is 5.77. The van der Waals surface area contributed by atoms with Crippen LogP contribution in [-0.4, -0.2) is 4.98 Å². The van der Waals surface area contributed by atoms with Gasteiger partial charge in [0.1, 0.15) is 0 Å². The van der Waals surface area contributed by atoms with Crippen molar-refractivity contribution in [3.63, 3.8) is 0 Å². The molecule has 0 atom stereocenters. The van der Waals surface area contributed by atoms with Gasteiger partial charge in [-0.15, -0.1) is 11.3 Å². The molecule has 2 heteroatoms. The third kappa shape index (κ3) is 3.31. The fraction of sp³-hybridized carbons (Fsp3) is 0.800. The molecule has 0 saturated heterocycles. The van der Waals surface area contributed by atoms with Crippen molar-refractivity contribution >= 4 is 11.3 Å². The Bertz CT molecular complexity index is 334. The molecule has 2 rings (SSSR count). The maximum Gasteiger partial charge on any atom is 0.0959 e. The van der Waals surface area contributed by atoms with Crippen molar-refractivity contribution in [2.24, 2.45) is 5.92 Å². The summed E-state index contributed by atoms with van der Waals surface area (Å²) >= 11 is 1.89. The second-order valence-corrected chi connectivity index (χ2v) is 6.66. The lowest BCUT2D eigenvalue weighted by atomic mass is 9.80. The molecule has 0 unspecified atom stereocenters. The molecule has 0 amide bonds. The van der Waals surface area contributed by atoms with Gasteiger partial charge >= 0.3 is 0 Å². The van der Waals surface area contributed by atoms with Gasteiger partial charge in [-0.1, -0.05) is 33.6 Å².